The largest absolute Gasteiger partial charge is 0.484 e. The molecule has 1 fully saturated rings. The summed E-state index contributed by atoms with van der Waals surface area (Å²) < 4.78 is 24.6. The third-order valence-corrected chi connectivity index (χ3v) is 7.96. The van der Waals surface area contributed by atoms with Gasteiger partial charge in [-0.25, -0.2) is 9.37 Å². The van der Waals surface area contributed by atoms with Crippen molar-refractivity contribution in [2.75, 3.05) is 6.54 Å². The molecule has 1 N–H and O–H groups in total. The topological polar surface area (TPSA) is 84.7 Å². The minimum absolute atomic E-state index is 0.0464. The lowest BCUT2D eigenvalue weighted by molar-refractivity contribution is -0.137. The van der Waals surface area contributed by atoms with Crippen molar-refractivity contribution in [2.24, 2.45) is 5.92 Å². The summed E-state index contributed by atoms with van der Waals surface area (Å²) in [6.45, 7) is 0.991. The molecule has 0 bridgehead atoms. The van der Waals surface area contributed by atoms with Crippen LogP contribution in [0.5, 0.6) is 5.75 Å². The summed E-state index contributed by atoms with van der Waals surface area (Å²) in [6.07, 6.45) is 6.27. The molecule has 0 spiro atoms. The first kappa shape index (κ1) is 26.7. The Hall–Kier alpha value is -4.46. The van der Waals surface area contributed by atoms with E-state index in [-0.39, 0.29) is 48.4 Å². The maximum Gasteiger partial charge on any atom is 0.273 e. The molecule has 1 aliphatic carbocycles. The molecule has 1 saturated carbocycles. The number of nitrogens with zero attached hydrogens (tertiary/aromatic N) is 2. The van der Waals surface area contributed by atoms with Crippen LogP contribution >= 0.6 is 0 Å². The maximum atomic E-state index is 13.6. The van der Waals surface area contributed by atoms with Gasteiger partial charge >= 0.3 is 0 Å². The van der Waals surface area contributed by atoms with E-state index < -0.39 is 5.91 Å². The highest BCUT2D eigenvalue weighted by Crippen LogP contribution is 2.39. The number of ether oxygens (including phenoxy) is 1. The van der Waals surface area contributed by atoms with Crippen LogP contribution < -0.4 is 10.1 Å². The van der Waals surface area contributed by atoms with Gasteiger partial charge in [0.25, 0.3) is 5.91 Å². The van der Waals surface area contributed by atoms with Crippen LogP contribution in [0.3, 0.4) is 0 Å². The molecule has 6 rings (SSSR count). The summed E-state index contributed by atoms with van der Waals surface area (Å²) in [5.74, 6) is 0.543. The van der Waals surface area contributed by atoms with Gasteiger partial charge in [-0.05, 0) is 65.8 Å². The molecule has 7 nitrogen and oxygen atoms in total. The zero-order valence-electron chi connectivity index (χ0n) is 22.7. The van der Waals surface area contributed by atoms with Crippen molar-refractivity contribution in [3.63, 3.8) is 0 Å². The number of nitrogens with one attached hydrogen (secondary N) is 1. The van der Waals surface area contributed by atoms with E-state index in [2.05, 4.69) is 33.4 Å². The molecule has 8 heteroatoms. The van der Waals surface area contributed by atoms with Crippen LogP contribution in [0.1, 0.15) is 70.4 Å². The van der Waals surface area contributed by atoms with E-state index >= 15 is 0 Å². The third kappa shape index (κ3) is 6.01. The quantitative estimate of drug-likeness (QED) is 0.290. The number of carbonyl (C=O) groups is 2. The summed E-state index contributed by atoms with van der Waals surface area (Å²) >= 11 is 0. The second-order valence-electron chi connectivity index (χ2n) is 10.7. The molecule has 2 heterocycles. The average Bonchev–Trinajstić information content (AvgIpc) is 3.72. The Balaban J connectivity index is 1.15. The van der Waals surface area contributed by atoms with Gasteiger partial charge in [0.15, 0.2) is 12.3 Å². The summed E-state index contributed by atoms with van der Waals surface area (Å²) in [4.78, 5) is 32.4. The molecule has 2 aliphatic rings. The molecule has 3 aromatic carbocycles. The van der Waals surface area contributed by atoms with Gasteiger partial charge < -0.3 is 19.4 Å². The Bertz CT molecular complexity index is 1510. The molecule has 4 aromatic rings. The van der Waals surface area contributed by atoms with Gasteiger partial charge in [0.2, 0.25) is 11.8 Å². The molecular weight excluding hydrogens is 521 g/mol. The lowest BCUT2D eigenvalue weighted by Gasteiger charge is -2.39. The van der Waals surface area contributed by atoms with Crippen LogP contribution in [0.15, 0.2) is 83.5 Å². The fourth-order valence-electron chi connectivity index (χ4n) is 5.82. The number of oxazole rings is 1. The fraction of sp³-hybridized carbons (Fsp3) is 0.303. The monoisotopic (exact) mass is 553 g/mol. The number of fused-ring (bicyclic) bond motifs is 1. The predicted octanol–water partition coefficient (Wildman–Crippen LogP) is 5.99. The number of amides is 2. The first-order valence-electron chi connectivity index (χ1n) is 14.1. The molecule has 1 unspecified atom stereocenters. The Morgan fingerprint density at radius 3 is 2.59 bits per heavy atom. The number of aromatic nitrogens is 1. The van der Waals surface area contributed by atoms with Gasteiger partial charge in [0.05, 0.1) is 6.04 Å². The summed E-state index contributed by atoms with van der Waals surface area (Å²) in [5, 5.41) is 2.75. The first-order chi connectivity index (χ1) is 20.0. The maximum absolute atomic E-state index is 13.6. The fourth-order valence-corrected chi connectivity index (χ4v) is 5.82. The number of hydrogen-bond donors (Lipinski definition) is 1. The SMILES string of the molecule is O=C(NCc1ccc(F)cc1)c1coc(COc2ccc3c(c2)C(c2ccccc2)N(C(=O)C2CCCC2)CC3)n1. The molecule has 1 aromatic heterocycles. The number of benzene rings is 3. The molecule has 2 amide bonds. The van der Waals surface area contributed by atoms with E-state index in [4.69, 9.17) is 9.15 Å². The van der Waals surface area contributed by atoms with Crippen LogP contribution in [-0.4, -0.2) is 28.2 Å². The molecular formula is C33H32FN3O4. The Morgan fingerprint density at radius 2 is 1.80 bits per heavy atom. The first-order valence-corrected chi connectivity index (χ1v) is 14.1. The van der Waals surface area contributed by atoms with Crippen molar-refractivity contribution in [3.8, 4) is 5.75 Å². The Morgan fingerprint density at radius 1 is 1.02 bits per heavy atom. The lowest BCUT2D eigenvalue weighted by atomic mass is 9.87. The molecule has 41 heavy (non-hydrogen) atoms. The van der Waals surface area contributed by atoms with Crippen LogP contribution in [0.4, 0.5) is 4.39 Å². The van der Waals surface area contributed by atoms with E-state index in [1.165, 1.54) is 24.0 Å². The van der Waals surface area contributed by atoms with Crippen molar-refractivity contribution < 1.29 is 23.1 Å². The summed E-state index contributed by atoms with van der Waals surface area (Å²) in [5.41, 5.74) is 4.27. The van der Waals surface area contributed by atoms with Crippen LogP contribution in [0, 0.1) is 11.7 Å². The van der Waals surface area contributed by atoms with Crippen molar-refractivity contribution in [1.82, 2.24) is 15.2 Å². The number of carbonyl (C=O) groups excluding carboxylic acids is 2. The molecule has 0 saturated heterocycles. The normalized spacial score (nSPS) is 16.8. The van der Waals surface area contributed by atoms with E-state index in [1.807, 2.05) is 30.3 Å². The van der Waals surface area contributed by atoms with E-state index in [1.54, 1.807) is 12.1 Å². The number of halogens is 1. The van der Waals surface area contributed by atoms with Gasteiger partial charge in [-0.3, -0.25) is 9.59 Å². The van der Waals surface area contributed by atoms with Crippen LogP contribution in [0.25, 0.3) is 0 Å². The standard InChI is InChI=1S/C33H32FN3O4/c34-26-13-10-22(11-14-26)19-35-32(38)29-20-41-30(36-29)21-40-27-15-12-23-16-17-37(33(39)25-8-4-5-9-25)31(28(23)18-27)24-6-2-1-3-7-24/h1-3,6-7,10-15,18,20,25,31H,4-5,8-9,16-17,19,21H2,(H,35,38). The van der Waals surface area contributed by atoms with Crippen molar-refractivity contribution >= 4 is 11.8 Å². The van der Waals surface area contributed by atoms with Crippen LogP contribution in [-0.2, 0) is 24.4 Å². The van der Waals surface area contributed by atoms with E-state index in [9.17, 15) is 14.0 Å². The van der Waals surface area contributed by atoms with Gasteiger partial charge in [0, 0.05) is 19.0 Å². The van der Waals surface area contributed by atoms with Gasteiger partial charge in [-0.1, -0.05) is 61.4 Å². The predicted molar refractivity (Wildman–Crippen MR) is 151 cm³/mol. The lowest BCUT2D eigenvalue weighted by Crippen LogP contribution is -2.43. The molecule has 1 atom stereocenters. The highest BCUT2D eigenvalue weighted by atomic mass is 19.1. The van der Waals surface area contributed by atoms with Crippen LogP contribution in [0.2, 0.25) is 0 Å². The van der Waals surface area contributed by atoms with Crippen molar-refractivity contribution in [1.29, 1.82) is 0 Å². The zero-order chi connectivity index (χ0) is 28.2. The minimum atomic E-state index is -0.393. The molecule has 1 aliphatic heterocycles. The number of rotatable bonds is 8. The number of hydrogen-bond acceptors (Lipinski definition) is 5. The smallest absolute Gasteiger partial charge is 0.273 e. The second kappa shape index (κ2) is 12.0. The Kier molecular flexibility index (Phi) is 7.80. The summed E-state index contributed by atoms with van der Waals surface area (Å²) in [7, 11) is 0. The molecule has 0 radical (unpaired) electrons. The van der Waals surface area contributed by atoms with Gasteiger partial charge in [-0.2, -0.15) is 0 Å². The van der Waals surface area contributed by atoms with E-state index in [0.29, 0.717) is 12.3 Å². The molecule has 210 valence electrons. The Labute approximate surface area is 238 Å². The summed E-state index contributed by atoms with van der Waals surface area (Å²) in [6, 6.07) is 21.9. The van der Waals surface area contributed by atoms with Gasteiger partial charge in [0.1, 0.15) is 17.8 Å². The zero-order valence-corrected chi connectivity index (χ0v) is 22.7. The minimum Gasteiger partial charge on any atom is -0.484 e. The van der Waals surface area contributed by atoms with Crippen molar-refractivity contribution in [2.45, 2.75) is 51.3 Å². The average molecular weight is 554 g/mol. The highest BCUT2D eigenvalue weighted by molar-refractivity contribution is 5.91. The van der Waals surface area contributed by atoms with Gasteiger partial charge in [-0.15, -0.1) is 0 Å². The third-order valence-electron chi connectivity index (χ3n) is 7.96. The van der Waals surface area contributed by atoms with Crippen molar-refractivity contribution in [3.05, 3.63) is 119 Å². The highest BCUT2D eigenvalue weighted by Gasteiger charge is 2.36. The second-order valence-corrected chi connectivity index (χ2v) is 10.7. The van der Waals surface area contributed by atoms with E-state index in [0.717, 1.165) is 48.8 Å².